The number of carbonyl (C=O) groups is 2. The van der Waals surface area contributed by atoms with Crippen LogP contribution in [0.25, 0.3) is 0 Å². The fourth-order valence-corrected chi connectivity index (χ4v) is 2.28. The lowest BCUT2D eigenvalue weighted by atomic mass is 10.2. The molecule has 1 aliphatic heterocycles. The molecule has 0 radical (unpaired) electrons. The first kappa shape index (κ1) is 14.3. The van der Waals surface area contributed by atoms with E-state index in [1.54, 1.807) is 18.3 Å². The summed E-state index contributed by atoms with van der Waals surface area (Å²) in [6.45, 7) is 3.26. The van der Waals surface area contributed by atoms with Crippen LogP contribution in [0.15, 0.2) is 18.3 Å². The van der Waals surface area contributed by atoms with E-state index in [9.17, 15) is 9.59 Å². The molecular formula is C14H19N3O3. The van der Waals surface area contributed by atoms with Crippen LogP contribution in [-0.4, -0.2) is 53.0 Å². The van der Waals surface area contributed by atoms with Gasteiger partial charge in [0.15, 0.2) is 0 Å². The van der Waals surface area contributed by atoms with E-state index in [0.717, 1.165) is 25.9 Å². The average molecular weight is 277 g/mol. The highest BCUT2D eigenvalue weighted by atomic mass is 16.4. The first-order chi connectivity index (χ1) is 9.52. The number of hydrogen-bond acceptors (Lipinski definition) is 4. The van der Waals surface area contributed by atoms with Crippen molar-refractivity contribution in [1.29, 1.82) is 0 Å². The highest BCUT2D eigenvalue weighted by Crippen LogP contribution is 2.23. The van der Waals surface area contributed by atoms with Crippen LogP contribution in [0.5, 0.6) is 0 Å². The van der Waals surface area contributed by atoms with Gasteiger partial charge in [-0.1, -0.05) is 0 Å². The molecule has 108 valence electrons. The molecule has 0 bridgehead atoms. The number of pyridine rings is 1. The maximum absolute atomic E-state index is 12.5. The molecule has 1 fully saturated rings. The number of amides is 1. The second-order valence-corrected chi connectivity index (χ2v) is 5.00. The largest absolute Gasteiger partial charge is 0.480 e. The van der Waals surface area contributed by atoms with E-state index < -0.39 is 12.0 Å². The Labute approximate surface area is 118 Å². The van der Waals surface area contributed by atoms with Crippen molar-refractivity contribution in [2.45, 2.75) is 25.8 Å². The van der Waals surface area contributed by atoms with Gasteiger partial charge in [-0.3, -0.25) is 4.79 Å². The van der Waals surface area contributed by atoms with E-state index in [4.69, 9.17) is 5.11 Å². The van der Waals surface area contributed by atoms with Crippen LogP contribution < -0.4 is 4.90 Å². The van der Waals surface area contributed by atoms with Crippen LogP contribution in [0.2, 0.25) is 0 Å². The topological polar surface area (TPSA) is 73.7 Å². The SMILES string of the molecule is C[C@H](C(=O)O)N(C)C(=O)c1cccnc1N1CCCC1. The highest BCUT2D eigenvalue weighted by molar-refractivity contribution is 6.00. The number of aromatic nitrogens is 1. The van der Waals surface area contributed by atoms with Gasteiger partial charge in [0, 0.05) is 26.3 Å². The van der Waals surface area contributed by atoms with Crippen molar-refractivity contribution in [2.75, 3.05) is 25.0 Å². The molecule has 0 aromatic carbocycles. The molecular weight excluding hydrogens is 258 g/mol. The number of aliphatic carboxylic acids is 1. The number of likely N-dealkylation sites (N-methyl/N-ethyl adjacent to an activating group) is 1. The minimum atomic E-state index is -1.02. The average Bonchev–Trinajstić information content (AvgIpc) is 2.98. The number of carboxylic acid groups (broad SMARTS) is 1. The molecule has 1 amide bonds. The second kappa shape index (κ2) is 5.90. The summed E-state index contributed by atoms with van der Waals surface area (Å²) in [6.07, 6.45) is 3.84. The van der Waals surface area contributed by atoms with Crippen LogP contribution in [0, 0.1) is 0 Å². The van der Waals surface area contributed by atoms with E-state index in [0.29, 0.717) is 11.4 Å². The predicted octanol–water partition coefficient (Wildman–Crippen LogP) is 1.23. The number of rotatable bonds is 4. The van der Waals surface area contributed by atoms with Gasteiger partial charge in [0.1, 0.15) is 11.9 Å². The number of carboxylic acids is 1. The molecule has 1 atom stereocenters. The quantitative estimate of drug-likeness (QED) is 0.896. The summed E-state index contributed by atoms with van der Waals surface area (Å²) < 4.78 is 0. The molecule has 6 heteroatoms. The number of carbonyl (C=O) groups excluding carboxylic acids is 1. The lowest BCUT2D eigenvalue weighted by Crippen LogP contribution is -2.41. The maximum Gasteiger partial charge on any atom is 0.326 e. The lowest BCUT2D eigenvalue weighted by molar-refractivity contribution is -0.141. The Morgan fingerprint density at radius 1 is 1.40 bits per heavy atom. The van der Waals surface area contributed by atoms with Gasteiger partial charge in [-0.05, 0) is 31.9 Å². The molecule has 1 aliphatic rings. The van der Waals surface area contributed by atoms with Gasteiger partial charge in [0.2, 0.25) is 0 Å². The van der Waals surface area contributed by atoms with Crippen molar-refractivity contribution >= 4 is 17.7 Å². The van der Waals surface area contributed by atoms with Gasteiger partial charge in [-0.25, -0.2) is 9.78 Å². The van der Waals surface area contributed by atoms with Gasteiger partial charge >= 0.3 is 5.97 Å². The zero-order valence-corrected chi connectivity index (χ0v) is 11.7. The molecule has 1 saturated heterocycles. The molecule has 2 heterocycles. The van der Waals surface area contributed by atoms with Gasteiger partial charge in [0.25, 0.3) is 5.91 Å². The van der Waals surface area contributed by atoms with Gasteiger partial charge in [0.05, 0.1) is 5.56 Å². The Morgan fingerprint density at radius 2 is 2.05 bits per heavy atom. The van der Waals surface area contributed by atoms with Crippen LogP contribution in [0.3, 0.4) is 0 Å². The van der Waals surface area contributed by atoms with E-state index in [2.05, 4.69) is 9.88 Å². The predicted molar refractivity (Wildman–Crippen MR) is 74.9 cm³/mol. The van der Waals surface area contributed by atoms with Gasteiger partial charge in [-0.2, -0.15) is 0 Å². The Morgan fingerprint density at radius 3 is 2.65 bits per heavy atom. The van der Waals surface area contributed by atoms with Crippen LogP contribution in [0.1, 0.15) is 30.1 Å². The molecule has 1 aromatic heterocycles. The molecule has 6 nitrogen and oxygen atoms in total. The summed E-state index contributed by atoms with van der Waals surface area (Å²) in [5, 5.41) is 9.01. The summed E-state index contributed by atoms with van der Waals surface area (Å²) in [5.41, 5.74) is 0.463. The Kier molecular flexibility index (Phi) is 4.22. The van der Waals surface area contributed by atoms with Crippen molar-refractivity contribution in [1.82, 2.24) is 9.88 Å². The molecule has 1 N–H and O–H groups in total. The molecule has 0 aliphatic carbocycles. The molecule has 0 unspecified atom stereocenters. The molecule has 0 spiro atoms. The Bertz CT molecular complexity index is 512. The van der Waals surface area contributed by atoms with Crippen LogP contribution in [0.4, 0.5) is 5.82 Å². The number of hydrogen-bond donors (Lipinski definition) is 1. The molecule has 20 heavy (non-hydrogen) atoms. The Balaban J connectivity index is 2.27. The first-order valence-electron chi connectivity index (χ1n) is 6.72. The van der Waals surface area contributed by atoms with Crippen molar-refractivity contribution in [2.24, 2.45) is 0 Å². The second-order valence-electron chi connectivity index (χ2n) is 5.00. The third-order valence-corrected chi connectivity index (χ3v) is 3.68. The van der Waals surface area contributed by atoms with Crippen LogP contribution in [-0.2, 0) is 4.79 Å². The summed E-state index contributed by atoms with van der Waals surface area (Å²) in [6, 6.07) is 2.54. The molecule has 0 saturated carbocycles. The third kappa shape index (κ3) is 2.74. The number of anilines is 1. The van der Waals surface area contributed by atoms with E-state index in [1.165, 1.54) is 18.9 Å². The van der Waals surface area contributed by atoms with Crippen LogP contribution >= 0.6 is 0 Å². The first-order valence-corrected chi connectivity index (χ1v) is 6.72. The fourth-order valence-electron chi connectivity index (χ4n) is 2.28. The monoisotopic (exact) mass is 277 g/mol. The normalized spacial score (nSPS) is 16.0. The summed E-state index contributed by atoms with van der Waals surface area (Å²) in [5.74, 6) is -0.679. The van der Waals surface area contributed by atoms with Crippen molar-refractivity contribution < 1.29 is 14.7 Å². The summed E-state index contributed by atoms with van der Waals surface area (Å²) in [7, 11) is 1.50. The Hall–Kier alpha value is -2.11. The highest BCUT2D eigenvalue weighted by Gasteiger charge is 2.27. The molecule has 1 aromatic rings. The smallest absolute Gasteiger partial charge is 0.326 e. The summed E-state index contributed by atoms with van der Waals surface area (Å²) in [4.78, 5) is 31.1. The van der Waals surface area contributed by atoms with E-state index >= 15 is 0 Å². The summed E-state index contributed by atoms with van der Waals surface area (Å²) >= 11 is 0. The maximum atomic E-state index is 12.5. The zero-order valence-electron chi connectivity index (χ0n) is 11.7. The van der Waals surface area contributed by atoms with E-state index in [-0.39, 0.29) is 5.91 Å². The minimum Gasteiger partial charge on any atom is -0.480 e. The van der Waals surface area contributed by atoms with Crippen molar-refractivity contribution in [3.05, 3.63) is 23.9 Å². The zero-order chi connectivity index (χ0) is 14.7. The standard InChI is InChI=1S/C14H19N3O3/c1-10(14(19)20)16(2)13(18)11-6-5-7-15-12(11)17-8-3-4-9-17/h5-7,10H,3-4,8-9H2,1-2H3,(H,19,20)/t10-/m1/s1. The lowest BCUT2D eigenvalue weighted by Gasteiger charge is -2.25. The molecule has 2 rings (SSSR count). The van der Waals surface area contributed by atoms with Gasteiger partial charge in [-0.15, -0.1) is 0 Å². The van der Waals surface area contributed by atoms with Crippen molar-refractivity contribution in [3.63, 3.8) is 0 Å². The third-order valence-electron chi connectivity index (χ3n) is 3.68. The van der Waals surface area contributed by atoms with E-state index in [1.807, 2.05) is 0 Å². The van der Waals surface area contributed by atoms with Gasteiger partial charge < -0.3 is 14.9 Å². The van der Waals surface area contributed by atoms with Crippen molar-refractivity contribution in [3.8, 4) is 0 Å². The fraction of sp³-hybridized carbons (Fsp3) is 0.500. The minimum absolute atomic E-state index is 0.310. The number of nitrogens with zero attached hydrogens (tertiary/aromatic N) is 3.